The Morgan fingerprint density at radius 2 is 2.14 bits per heavy atom. The van der Waals surface area contributed by atoms with Gasteiger partial charge >= 0.3 is 0 Å². The van der Waals surface area contributed by atoms with Gasteiger partial charge in [0.05, 0.1) is 5.75 Å². The van der Waals surface area contributed by atoms with E-state index in [4.69, 9.17) is 5.73 Å². The fraction of sp³-hybridized carbons (Fsp3) is 0.400. The van der Waals surface area contributed by atoms with Crippen molar-refractivity contribution in [1.82, 2.24) is 0 Å². The summed E-state index contributed by atoms with van der Waals surface area (Å²) in [6.07, 6.45) is 0. The molecule has 0 aliphatic rings. The van der Waals surface area contributed by atoms with E-state index in [1.165, 1.54) is 18.2 Å². The van der Waals surface area contributed by atoms with Gasteiger partial charge in [0.25, 0.3) is 0 Å². The zero-order chi connectivity index (χ0) is 10.7. The fourth-order valence-electron chi connectivity index (χ4n) is 1.02. The van der Waals surface area contributed by atoms with Gasteiger partial charge in [0.1, 0.15) is 5.82 Å². The first-order valence-corrected chi connectivity index (χ1v) is 5.80. The number of hydrogen-bond donors (Lipinski definition) is 1. The molecule has 0 saturated carbocycles. The Morgan fingerprint density at radius 1 is 1.50 bits per heavy atom. The Bertz CT molecular complexity index is 352. The summed E-state index contributed by atoms with van der Waals surface area (Å²) < 4.78 is 24.4. The van der Waals surface area contributed by atoms with Gasteiger partial charge in [0.2, 0.25) is 0 Å². The Kier molecular flexibility index (Phi) is 3.63. The third-order valence-corrected chi connectivity index (χ3v) is 3.58. The molecule has 4 heteroatoms. The summed E-state index contributed by atoms with van der Waals surface area (Å²) in [5, 5.41) is 0.0673. The van der Waals surface area contributed by atoms with Crippen LogP contribution in [-0.2, 0) is 16.6 Å². The third kappa shape index (κ3) is 2.80. The van der Waals surface area contributed by atoms with Gasteiger partial charge in [0.15, 0.2) is 0 Å². The van der Waals surface area contributed by atoms with Crippen molar-refractivity contribution in [2.75, 3.05) is 5.73 Å². The molecular weight excluding hydrogens is 201 g/mol. The molecule has 0 aromatic heterocycles. The van der Waals surface area contributed by atoms with Gasteiger partial charge in [-0.1, -0.05) is 13.8 Å². The van der Waals surface area contributed by atoms with E-state index in [0.29, 0.717) is 17.0 Å². The van der Waals surface area contributed by atoms with Crippen LogP contribution in [0.2, 0.25) is 0 Å². The molecule has 0 bridgehead atoms. The van der Waals surface area contributed by atoms with Crippen molar-refractivity contribution in [3.8, 4) is 0 Å². The average Bonchev–Trinajstić information content (AvgIpc) is 2.11. The highest BCUT2D eigenvalue weighted by Gasteiger charge is 2.09. The van der Waals surface area contributed by atoms with Crippen LogP contribution in [0.4, 0.5) is 10.1 Å². The molecule has 0 radical (unpaired) electrons. The normalized spacial score (nSPS) is 13.1. The lowest BCUT2D eigenvalue weighted by atomic mass is 10.2. The van der Waals surface area contributed by atoms with Crippen molar-refractivity contribution in [3.63, 3.8) is 0 Å². The molecule has 1 aromatic carbocycles. The Labute approximate surface area is 85.8 Å². The van der Waals surface area contributed by atoms with Gasteiger partial charge < -0.3 is 5.73 Å². The first-order chi connectivity index (χ1) is 6.50. The van der Waals surface area contributed by atoms with Crippen molar-refractivity contribution in [3.05, 3.63) is 29.6 Å². The molecule has 2 N–H and O–H groups in total. The summed E-state index contributed by atoms with van der Waals surface area (Å²) >= 11 is 0. The van der Waals surface area contributed by atoms with Gasteiger partial charge in [-0.3, -0.25) is 4.21 Å². The lowest BCUT2D eigenvalue weighted by Gasteiger charge is -2.07. The second-order valence-corrected chi connectivity index (χ2v) is 5.41. The van der Waals surface area contributed by atoms with Gasteiger partial charge in [-0.2, -0.15) is 0 Å². The van der Waals surface area contributed by atoms with E-state index in [9.17, 15) is 8.60 Å². The van der Waals surface area contributed by atoms with Crippen LogP contribution < -0.4 is 5.73 Å². The largest absolute Gasteiger partial charge is 0.398 e. The van der Waals surface area contributed by atoms with Crippen LogP contribution in [0.15, 0.2) is 18.2 Å². The minimum Gasteiger partial charge on any atom is -0.398 e. The molecule has 2 nitrogen and oxygen atoms in total. The number of hydrogen-bond acceptors (Lipinski definition) is 2. The zero-order valence-corrected chi connectivity index (χ0v) is 9.10. The molecule has 1 aromatic rings. The van der Waals surface area contributed by atoms with E-state index < -0.39 is 10.8 Å². The predicted molar refractivity (Wildman–Crippen MR) is 57.8 cm³/mol. The Hall–Kier alpha value is -0.900. The molecular formula is C10H14FNOS. The van der Waals surface area contributed by atoms with Gasteiger partial charge in [0, 0.05) is 21.7 Å². The molecule has 78 valence electrons. The van der Waals surface area contributed by atoms with Crippen LogP contribution in [0, 0.1) is 5.82 Å². The van der Waals surface area contributed by atoms with E-state index in [2.05, 4.69) is 0 Å². The summed E-state index contributed by atoms with van der Waals surface area (Å²) in [7, 11) is -0.988. The molecule has 14 heavy (non-hydrogen) atoms. The summed E-state index contributed by atoms with van der Waals surface area (Å²) in [5.41, 5.74) is 6.76. The summed E-state index contributed by atoms with van der Waals surface area (Å²) in [4.78, 5) is 0. The highest BCUT2D eigenvalue weighted by molar-refractivity contribution is 7.84. The second-order valence-electron chi connectivity index (χ2n) is 3.42. The van der Waals surface area contributed by atoms with Crippen molar-refractivity contribution in [2.24, 2.45) is 0 Å². The van der Waals surface area contributed by atoms with E-state index in [0.717, 1.165) is 0 Å². The lowest BCUT2D eigenvalue weighted by Crippen LogP contribution is -2.09. The smallest absolute Gasteiger partial charge is 0.123 e. The van der Waals surface area contributed by atoms with Crippen LogP contribution in [0.25, 0.3) is 0 Å². The van der Waals surface area contributed by atoms with Crippen LogP contribution in [-0.4, -0.2) is 9.46 Å². The summed E-state index contributed by atoms with van der Waals surface area (Å²) in [6.45, 7) is 3.73. The number of anilines is 1. The quantitative estimate of drug-likeness (QED) is 0.784. The maximum atomic E-state index is 12.8. The maximum absolute atomic E-state index is 12.8. The van der Waals surface area contributed by atoms with Crippen molar-refractivity contribution in [2.45, 2.75) is 24.9 Å². The van der Waals surface area contributed by atoms with Crippen LogP contribution in [0.5, 0.6) is 0 Å². The fourth-order valence-corrected chi connectivity index (χ4v) is 1.91. The van der Waals surface area contributed by atoms with Crippen LogP contribution in [0.3, 0.4) is 0 Å². The monoisotopic (exact) mass is 215 g/mol. The predicted octanol–water partition coefficient (Wildman–Crippen LogP) is 2.07. The Morgan fingerprint density at radius 3 is 2.71 bits per heavy atom. The highest BCUT2D eigenvalue weighted by atomic mass is 32.2. The van der Waals surface area contributed by atoms with E-state index >= 15 is 0 Å². The molecule has 0 saturated heterocycles. The zero-order valence-electron chi connectivity index (χ0n) is 8.29. The number of nitrogen functional groups attached to an aromatic ring is 1. The number of benzene rings is 1. The topological polar surface area (TPSA) is 43.1 Å². The molecule has 0 amide bonds. The first kappa shape index (κ1) is 11.2. The van der Waals surface area contributed by atoms with Gasteiger partial charge in [-0.25, -0.2) is 4.39 Å². The molecule has 0 aliphatic heterocycles. The second kappa shape index (κ2) is 4.55. The van der Waals surface area contributed by atoms with Crippen molar-refractivity contribution in [1.29, 1.82) is 0 Å². The molecule has 0 spiro atoms. The number of rotatable bonds is 3. The first-order valence-electron chi connectivity index (χ1n) is 4.41. The molecule has 1 atom stereocenters. The van der Waals surface area contributed by atoms with Gasteiger partial charge in [-0.05, 0) is 23.8 Å². The molecule has 1 rings (SSSR count). The third-order valence-electron chi connectivity index (χ3n) is 1.93. The van der Waals surface area contributed by atoms with Gasteiger partial charge in [-0.15, -0.1) is 0 Å². The van der Waals surface area contributed by atoms with E-state index in [1.54, 1.807) is 0 Å². The molecule has 0 aliphatic carbocycles. The molecule has 0 fully saturated rings. The molecule has 1 unspecified atom stereocenters. The maximum Gasteiger partial charge on any atom is 0.123 e. The van der Waals surface area contributed by atoms with Crippen molar-refractivity contribution < 1.29 is 8.60 Å². The minimum atomic E-state index is -0.988. The van der Waals surface area contributed by atoms with Crippen LogP contribution >= 0.6 is 0 Å². The average molecular weight is 215 g/mol. The summed E-state index contributed by atoms with van der Waals surface area (Å²) in [5.74, 6) is -0.0173. The molecule has 0 heterocycles. The van der Waals surface area contributed by atoms with Crippen molar-refractivity contribution >= 4 is 16.5 Å². The summed E-state index contributed by atoms with van der Waals surface area (Å²) in [6, 6.07) is 4.15. The van der Waals surface area contributed by atoms with Crippen LogP contribution in [0.1, 0.15) is 19.4 Å². The minimum absolute atomic E-state index is 0.0673. The van der Waals surface area contributed by atoms with E-state index in [-0.39, 0.29) is 11.1 Å². The highest BCUT2D eigenvalue weighted by Crippen LogP contribution is 2.16. The van der Waals surface area contributed by atoms with E-state index in [1.807, 2.05) is 13.8 Å². The SMILES string of the molecule is CC(C)S(=O)Cc1cc(F)ccc1N. The number of halogens is 1. The lowest BCUT2D eigenvalue weighted by molar-refractivity contribution is 0.626. The number of nitrogens with two attached hydrogens (primary N) is 1. The standard InChI is InChI=1S/C10H14FNOS/c1-7(2)14(13)6-8-5-9(11)3-4-10(8)12/h3-5,7H,6,12H2,1-2H3. The Balaban J connectivity index is 2.86.